The minimum atomic E-state index is 0.653. The molecule has 0 spiro atoms. The highest BCUT2D eigenvalue weighted by Gasteiger charge is 2.11. The van der Waals surface area contributed by atoms with Gasteiger partial charge in [-0.1, -0.05) is 12.1 Å². The maximum Gasteiger partial charge on any atom is 0.151 e. The van der Waals surface area contributed by atoms with Crippen molar-refractivity contribution in [2.45, 2.75) is 0 Å². The van der Waals surface area contributed by atoms with Crippen LogP contribution in [0.3, 0.4) is 0 Å². The number of rotatable bonds is 3. The number of fused-ring (bicyclic) bond motifs is 3. The Bertz CT molecular complexity index is 1100. The molecule has 0 N–H and O–H groups in total. The number of hydrogen-bond acceptors (Lipinski definition) is 6. The minimum absolute atomic E-state index is 0.653. The third kappa shape index (κ3) is 3.17. The maximum atomic E-state index is 10.7. The van der Waals surface area contributed by atoms with Gasteiger partial charge < -0.3 is 0 Å². The summed E-state index contributed by atoms with van der Waals surface area (Å²) in [5.41, 5.74) is 1.31. The lowest BCUT2D eigenvalue weighted by molar-refractivity contribution is 0.111. The standard InChI is InChI=1S/C10H6O2S2.C10H6S2/c11-5-7-1-3-13-9(7)10-8(6-12)2-4-14-10;1-2-8-4-6-12-10(8)9-7(1)3-5-11-9/h1-6H;1-6H. The van der Waals surface area contributed by atoms with Gasteiger partial charge in [-0.15, -0.1) is 45.3 Å². The van der Waals surface area contributed by atoms with Gasteiger partial charge in [-0.25, -0.2) is 0 Å². The number of benzene rings is 1. The topological polar surface area (TPSA) is 34.1 Å². The smallest absolute Gasteiger partial charge is 0.151 e. The van der Waals surface area contributed by atoms with E-state index in [0.29, 0.717) is 11.1 Å². The molecule has 0 unspecified atom stereocenters. The van der Waals surface area contributed by atoms with Crippen molar-refractivity contribution in [1.29, 1.82) is 0 Å². The lowest BCUT2D eigenvalue weighted by atomic mass is 10.2. The van der Waals surface area contributed by atoms with E-state index in [0.717, 1.165) is 22.3 Å². The molecule has 0 radical (unpaired) electrons. The van der Waals surface area contributed by atoms with Crippen molar-refractivity contribution < 1.29 is 9.59 Å². The zero-order chi connectivity index (χ0) is 17.9. The second-order valence-corrected chi connectivity index (χ2v) is 9.05. The lowest BCUT2D eigenvalue weighted by Crippen LogP contribution is -1.81. The Labute approximate surface area is 166 Å². The van der Waals surface area contributed by atoms with Crippen LogP contribution >= 0.6 is 45.3 Å². The molecular weight excluding hydrogens is 400 g/mol. The van der Waals surface area contributed by atoms with Crippen LogP contribution in [0.25, 0.3) is 29.9 Å². The Morgan fingerprint density at radius 3 is 1.38 bits per heavy atom. The minimum Gasteiger partial charge on any atom is -0.298 e. The summed E-state index contributed by atoms with van der Waals surface area (Å²) in [4.78, 5) is 23.2. The van der Waals surface area contributed by atoms with E-state index in [-0.39, 0.29) is 0 Å². The van der Waals surface area contributed by atoms with Gasteiger partial charge in [-0.3, -0.25) is 9.59 Å². The monoisotopic (exact) mass is 412 g/mol. The molecule has 1 aromatic carbocycles. The first-order chi connectivity index (χ1) is 12.8. The average molecular weight is 413 g/mol. The van der Waals surface area contributed by atoms with Crippen LogP contribution in [0.15, 0.2) is 57.9 Å². The number of aldehydes is 2. The summed E-state index contributed by atoms with van der Waals surface area (Å²) in [6.45, 7) is 0. The molecule has 128 valence electrons. The van der Waals surface area contributed by atoms with Gasteiger partial charge in [0.1, 0.15) is 0 Å². The van der Waals surface area contributed by atoms with Gasteiger partial charge in [0, 0.05) is 11.1 Å². The van der Waals surface area contributed by atoms with Crippen molar-refractivity contribution in [3.05, 3.63) is 69.0 Å². The van der Waals surface area contributed by atoms with Gasteiger partial charge in [0.05, 0.1) is 19.2 Å². The fourth-order valence-corrected chi connectivity index (χ4v) is 6.57. The van der Waals surface area contributed by atoms with Gasteiger partial charge in [-0.2, -0.15) is 0 Å². The summed E-state index contributed by atoms with van der Waals surface area (Å²) in [7, 11) is 0. The molecule has 26 heavy (non-hydrogen) atoms. The molecular formula is C20H12O2S4. The number of thiophene rings is 4. The number of hydrogen-bond donors (Lipinski definition) is 0. The van der Waals surface area contributed by atoms with Crippen LogP contribution in [0.5, 0.6) is 0 Å². The zero-order valence-corrected chi connectivity index (χ0v) is 16.6. The van der Waals surface area contributed by atoms with Gasteiger partial charge in [0.15, 0.2) is 12.6 Å². The van der Waals surface area contributed by atoms with Gasteiger partial charge in [0.25, 0.3) is 0 Å². The third-order valence-electron chi connectivity index (χ3n) is 3.89. The third-order valence-corrected chi connectivity index (χ3v) is 7.94. The summed E-state index contributed by atoms with van der Waals surface area (Å²) in [5.74, 6) is 0. The Kier molecular flexibility index (Phi) is 5.08. The van der Waals surface area contributed by atoms with Crippen LogP contribution in [0.1, 0.15) is 20.7 Å². The van der Waals surface area contributed by atoms with Crippen molar-refractivity contribution in [2.75, 3.05) is 0 Å². The second kappa shape index (κ2) is 7.63. The SMILES string of the molecule is O=Cc1ccsc1-c1sccc1C=O.c1cc2ccc3ccsc3c2s1. The van der Waals surface area contributed by atoms with E-state index >= 15 is 0 Å². The summed E-state index contributed by atoms with van der Waals surface area (Å²) in [6, 6.07) is 12.3. The molecule has 6 heteroatoms. The van der Waals surface area contributed by atoms with Crippen molar-refractivity contribution in [2.24, 2.45) is 0 Å². The first kappa shape index (κ1) is 17.3. The molecule has 5 aromatic rings. The van der Waals surface area contributed by atoms with E-state index in [9.17, 15) is 9.59 Å². The van der Waals surface area contributed by atoms with Crippen molar-refractivity contribution in [3.8, 4) is 9.75 Å². The van der Waals surface area contributed by atoms with E-state index in [2.05, 4.69) is 35.0 Å². The van der Waals surface area contributed by atoms with E-state index < -0.39 is 0 Å². The van der Waals surface area contributed by atoms with Gasteiger partial charge >= 0.3 is 0 Å². The summed E-state index contributed by atoms with van der Waals surface area (Å²) >= 11 is 6.63. The molecule has 0 atom stereocenters. The Morgan fingerprint density at radius 2 is 0.962 bits per heavy atom. The molecule has 0 bridgehead atoms. The highest BCUT2D eigenvalue weighted by molar-refractivity contribution is 7.25. The van der Waals surface area contributed by atoms with E-state index in [1.54, 1.807) is 12.1 Å². The zero-order valence-electron chi connectivity index (χ0n) is 13.4. The van der Waals surface area contributed by atoms with Crippen LogP contribution in [0, 0.1) is 0 Å². The largest absolute Gasteiger partial charge is 0.298 e. The molecule has 0 fully saturated rings. The van der Waals surface area contributed by atoms with E-state index in [1.807, 2.05) is 33.4 Å². The maximum absolute atomic E-state index is 10.7. The highest BCUT2D eigenvalue weighted by Crippen LogP contribution is 2.35. The van der Waals surface area contributed by atoms with Crippen molar-refractivity contribution in [3.63, 3.8) is 0 Å². The fourth-order valence-electron chi connectivity index (χ4n) is 2.64. The Balaban J connectivity index is 0.000000130. The summed E-state index contributed by atoms with van der Waals surface area (Å²) < 4.78 is 2.87. The van der Waals surface area contributed by atoms with Crippen LogP contribution in [0.4, 0.5) is 0 Å². The first-order valence-electron chi connectivity index (χ1n) is 7.71. The molecule has 0 aliphatic heterocycles. The van der Waals surface area contributed by atoms with Crippen molar-refractivity contribution in [1.82, 2.24) is 0 Å². The van der Waals surface area contributed by atoms with Gasteiger partial charge in [-0.05, 0) is 56.6 Å². The average Bonchev–Trinajstić information content (AvgIpc) is 3.47. The second-order valence-electron chi connectivity index (χ2n) is 5.39. The fraction of sp³-hybridized carbons (Fsp3) is 0. The summed E-state index contributed by atoms with van der Waals surface area (Å²) in [6.07, 6.45) is 1.64. The number of carbonyl (C=O) groups is 2. The highest BCUT2D eigenvalue weighted by atomic mass is 32.1. The Morgan fingerprint density at radius 1 is 0.538 bits per heavy atom. The number of carbonyl (C=O) groups excluding carboxylic acids is 2. The van der Waals surface area contributed by atoms with E-state index in [1.165, 1.54) is 42.8 Å². The molecule has 2 nitrogen and oxygen atoms in total. The quantitative estimate of drug-likeness (QED) is 0.293. The molecule has 0 aliphatic carbocycles. The molecule has 4 heterocycles. The molecule has 5 rings (SSSR count). The summed E-state index contributed by atoms with van der Waals surface area (Å²) in [5, 5.41) is 10.8. The molecule has 4 aromatic heterocycles. The van der Waals surface area contributed by atoms with Crippen molar-refractivity contribution >= 4 is 78.1 Å². The Hall–Kier alpha value is -2.12. The first-order valence-corrected chi connectivity index (χ1v) is 11.2. The van der Waals surface area contributed by atoms with Crippen LogP contribution in [-0.2, 0) is 0 Å². The normalized spacial score (nSPS) is 10.6. The predicted molar refractivity (Wildman–Crippen MR) is 116 cm³/mol. The molecule has 0 saturated heterocycles. The van der Waals surface area contributed by atoms with Crippen LogP contribution in [-0.4, -0.2) is 12.6 Å². The van der Waals surface area contributed by atoms with Gasteiger partial charge in [0.2, 0.25) is 0 Å². The van der Waals surface area contributed by atoms with E-state index in [4.69, 9.17) is 0 Å². The molecule has 0 amide bonds. The van der Waals surface area contributed by atoms with Crippen LogP contribution in [0.2, 0.25) is 0 Å². The predicted octanol–water partition coefficient (Wildman–Crippen LogP) is 7.22. The molecule has 0 aliphatic rings. The lowest BCUT2D eigenvalue weighted by Gasteiger charge is -1.94. The molecule has 0 saturated carbocycles. The van der Waals surface area contributed by atoms with Crippen LogP contribution < -0.4 is 0 Å².